The zero-order valence-corrected chi connectivity index (χ0v) is 19.5. The summed E-state index contributed by atoms with van der Waals surface area (Å²) < 4.78 is 67.1. The highest BCUT2D eigenvalue weighted by atomic mass is 32.2. The molecule has 1 aromatic carbocycles. The Hall–Kier alpha value is -3.64. The van der Waals surface area contributed by atoms with Crippen molar-refractivity contribution in [3.8, 4) is 11.4 Å². The monoisotopic (exact) mass is 503 g/mol. The first-order valence-corrected chi connectivity index (χ1v) is 11.9. The Kier molecular flexibility index (Phi) is 6.68. The Morgan fingerprint density at radius 2 is 1.74 bits per heavy atom. The number of anilines is 2. The van der Waals surface area contributed by atoms with Crippen molar-refractivity contribution in [2.75, 3.05) is 11.9 Å². The number of alkyl halides is 3. The van der Waals surface area contributed by atoms with Crippen LogP contribution >= 0.6 is 0 Å². The molecule has 3 heterocycles. The number of hydrogen-bond acceptors (Lipinski definition) is 8. The van der Waals surface area contributed by atoms with Gasteiger partial charge in [0, 0.05) is 18.5 Å². The van der Waals surface area contributed by atoms with Crippen molar-refractivity contribution in [2.24, 2.45) is 0 Å². The van der Waals surface area contributed by atoms with Gasteiger partial charge in [0.25, 0.3) is 9.84 Å². The summed E-state index contributed by atoms with van der Waals surface area (Å²) >= 11 is 0. The summed E-state index contributed by atoms with van der Waals surface area (Å²) in [5.41, 5.74) is -2.42. The molecule has 0 atom stereocenters. The standard InChI is InChI=1S/C23H20F3N5O3S/c1-3-34-13-19-30-21(28-15-6-8-16(9-7-15)35(32,33)23(24,25)26)17-10-11-18(29-22(17)31-19)20-14(2)5-4-12-27-20/h4-12H,3,13H2,1-2H3,(H,28,29,30,31). The van der Waals surface area contributed by atoms with Crippen molar-refractivity contribution in [3.63, 3.8) is 0 Å². The molecule has 8 nitrogen and oxygen atoms in total. The van der Waals surface area contributed by atoms with E-state index in [1.54, 1.807) is 18.3 Å². The van der Waals surface area contributed by atoms with Gasteiger partial charge in [-0.1, -0.05) is 6.07 Å². The summed E-state index contributed by atoms with van der Waals surface area (Å²) in [6.45, 7) is 4.32. The van der Waals surface area contributed by atoms with Gasteiger partial charge < -0.3 is 10.1 Å². The molecule has 12 heteroatoms. The molecule has 0 bridgehead atoms. The van der Waals surface area contributed by atoms with Gasteiger partial charge in [0.05, 0.1) is 21.7 Å². The van der Waals surface area contributed by atoms with E-state index in [9.17, 15) is 21.6 Å². The van der Waals surface area contributed by atoms with Crippen LogP contribution in [-0.4, -0.2) is 40.5 Å². The molecule has 4 aromatic rings. The molecule has 0 unspecified atom stereocenters. The van der Waals surface area contributed by atoms with Crippen molar-refractivity contribution in [1.29, 1.82) is 0 Å². The Morgan fingerprint density at radius 3 is 2.40 bits per heavy atom. The van der Waals surface area contributed by atoms with Gasteiger partial charge in [-0.15, -0.1) is 0 Å². The molecule has 182 valence electrons. The smallest absolute Gasteiger partial charge is 0.374 e. The highest BCUT2D eigenvalue weighted by Crippen LogP contribution is 2.32. The molecule has 3 aromatic heterocycles. The molecule has 0 saturated carbocycles. The lowest BCUT2D eigenvalue weighted by Gasteiger charge is -2.13. The normalized spacial score (nSPS) is 12.1. The lowest BCUT2D eigenvalue weighted by molar-refractivity contribution is -0.0436. The molecule has 0 aliphatic rings. The minimum Gasteiger partial charge on any atom is -0.374 e. The van der Waals surface area contributed by atoms with E-state index in [4.69, 9.17) is 4.74 Å². The van der Waals surface area contributed by atoms with Gasteiger partial charge in [0.15, 0.2) is 11.5 Å². The Labute approximate surface area is 199 Å². The maximum atomic E-state index is 12.8. The van der Waals surface area contributed by atoms with Crippen LogP contribution in [0.3, 0.4) is 0 Å². The Bertz CT molecular complexity index is 1480. The summed E-state index contributed by atoms with van der Waals surface area (Å²) in [5, 5.41) is 3.56. The third kappa shape index (κ3) is 5.08. The fraction of sp³-hybridized carbons (Fsp3) is 0.217. The number of ether oxygens (including phenoxy) is 1. The third-order valence-electron chi connectivity index (χ3n) is 5.03. The molecule has 0 radical (unpaired) electrons. The molecular weight excluding hydrogens is 483 g/mol. The highest BCUT2D eigenvalue weighted by Gasteiger charge is 2.46. The lowest BCUT2D eigenvalue weighted by Crippen LogP contribution is -2.23. The number of aryl methyl sites for hydroxylation is 1. The van der Waals surface area contributed by atoms with Crippen LogP contribution in [0, 0.1) is 6.92 Å². The van der Waals surface area contributed by atoms with Crippen LogP contribution in [0.15, 0.2) is 59.6 Å². The highest BCUT2D eigenvalue weighted by molar-refractivity contribution is 7.92. The van der Waals surface area contributed by atoms with Crippen LogP contribution in [0.25, 0.3) is 22.4 Å². The number of pyridine rings is 2. The Morgan fingerprint density at radius 1 is 1.00 bits per heavy atom. The van der Waals surface area contributed by atoms with Crippen LogP contribution in [0.2, 0.25) is 0 Å². The van der Waals surface area contributed by atoms with Gasteiger partial charge in [-0.3, -0.25) is 4.98 Å². The van der Waals surface area contributed by atoms with E-state index in [0.29, 0.717) is 46.4 Å². The number of aromatic nitrogens is 4. The predicted molar refractivity (Wildman–Crippen MR) is 124 cm³/mol. The summed E-state index contributed by atoms with van der Waals surface area (Å²) in [7, 11) is -5.44. The average molecular weight is 504 g/mol. The summed E-state index contributed by atoms with van der Waals surface area (Å²) in [6.07, 6.45) is 1.67. The quantitative estimate of drug-likeness (QED) is 0.377. The zero-order valence-electron chi connectivity index (χ0n) is 18.7. The predicted octanol–water partition coefficient (Wildman–Crippen LogP) is 4.97. The van der Waals surface area contributed by atoms with E-state index in [-0.39, 0.29) is 6.61 Å². The van der Waals surface area contributed by atoms with Gasteiger partial charge in [-0.25, -0.2) is 23.4 Å². The van der Waals surface area contributed by atoms with Gasteiger partial charge in [0.1, 0.15) is 12.4 Å². The second-order valence-electron chi connectivity index (χ2n) is 7.46. The van der Waals surface area contributed by atoms with Gasteiger partial charge in [-0.2, -0.15) is 13.2 Å². The second kappa shape index (κ2) is 9.55. The summed E-state index contributed by atoms with van der Waals surface area (Å²) in [5.74, 6) is 0.688. The van der Waals surface area contributed by atoms with Crippen molar-refractivity contribution < 1.29 is 26.3 Å². The van der Waals surface area contributed by atoms with Crippen molar-refractivity contribution in [3.05, 3.63) is 66.1 Å². The molecular formula is C23H20F3N5O3S. The fourth-order valence-corrected chi connectivity index (χ4v) is 4.04. The summed E-state index contributed by atoms with van der Waals surface area (Å²) in [4.78, 5) is 17.1. The zero-order chi connectivity index (χ0) is 25.2. The number of rotatable bonds is 7. The first-order valence-electron chi connectivity index (χ1n) is 10.5. The van der Waals surface area contributed by atoms with E-state index >= 15 is 0 Å². The Balaban J connectivity index is 1.74. The van der Waals surface area contributed by atoms with Crippen LogP contribution in [0.1, 0.15) is 18.3 Å². The van der Waals surface area contributed by atoms with Crippen LogP contribution in [0.4, 0.5) is 24.7 Å². The van der Waals surface area contributed by atoms with Gasteiger partial charge in [-0.05, 0) is 61.9 Å². The van der Waals surface area contributed by atoms with E-state index in [0.717, 1.165) is 17.7 Å². The van der Waals surface area contributed by atoms with Gasteiger partial charge in [0.2, 0.25) is 0 Å². The molecule has 0 saturated heterocycles. The molecule has 0 amide bonds. The third-order valence-corrected chi connectivity index (χ3v) is 6.53. The van der Waals surface area contributed by atoms with Gasteiger partial charge >= 0.3 is 5.51 Å². The lowest BCUT2D eigenvalue weighted by atomic mass is 10.1. The van der Waals surface area contributed by atoms with Crippen LogP contribution in [0.5, 0.6) is 0 Å². The first kappa shape index (κ1) is 24.5. The number of nitrogens with zero attached hydrogens (tertiary/aromatic N) is 4. The topological polar surface area (TPSA) is 107 Å². The molecule has 0 spiro atoms. The van der Waals surface area contributed by atoms with Crippen molar-refractivity contribution in [1.82, 2.24) is 19.9 Å². The summed E-state index contributed by atoms with van der Waals surface area (Å²) in [6, 6.07) is 11.5. The van der Waals surface area contributed by atoms with E-state index in [1.807, 2.05) is 26.0 Å². The van der Waals surface area contributed by atoms with E-state index in [1.165, 1.54) is 12.1 Å². The maximum absolute atomic E-state index is 12.8. The molecule has 1 N–H and O–H groups in total. The van der Waals surface area contributed by atoms with Crippen LogP contribution in [-0.2, 0) is 21.2 Å². The fourth-order valence-electron chi connectivity index (χ4n) is 3.28. The molecule has 4 rings (SSSR count). The van der Waals surface area contributed by atoms with Crippen molar-refractivity contribution in [2.45, 2.75) is 30.9 Å². The molecule has 0 aliphatic heterocycles. The first-order chi connectivity index (χ1) is 16.6. The van der Waals surface area contributed by atoms with Crippen molar-refractivity contribution >= 4 is 32.4 Å². The number of benzene rings is 1. The second-order valence-corrected chi connectivity index (χ2v) is 9.40. The minimum absolute atomic E-state index is 0.123. The van der Waals surface area contributed by atoms with E-state index in [2.05, 4.69) is 25.3 Å². The largest absolute Gasteiger partial charge is 0.501 e. The SMILES string of the molecule is CCOCc1nc(Nc2ccc(S(=O)(=O)C(F)(F)F)cc2)c2ccc(-c3ncccc3C)nc2n1. The number of fused-ring (bicyclic) bond motifs is 1. The molecule has 35 heavy (non-hydrogen) atoms. The van der Waals surface area contributed by atoms with E-state index < -0.39 is 20.2 Å². The maximum Gasteiger partial charge on any atom is 0.501 e. The minimum atomic E-state index is -5.44. The molecule has 0 fully saturated rings. The van der Waals surface area contributed by atoms with Crippen LogP contribution < -0.4 is 5.32 Å². The number of hydrogen-bond donors (Lipinski definition) is 1. The molecule has 0 aliphatic carbocycles. The number of sulfone groups is 1. The average Bonchev–Trinajstić information content (AvgIpc) is 2.82. The number of halogens is 3. The number of nitrogens with one attached hydrogen (secondary N) is 1.